The van der Waals surface area contributed by atoms with E-state index in [1.807, 2.05) is 6.07 Å². The van der Waals surface area contributed by atoms with Gasteiger partial charge in [-0.25, -0.2) is 0 Å². The van der Waals surface area contributed by atoms with Gasteiger partial charge in [-0.3, -0.25) is 4.79 Å². The average Bonchev–Trinajstić information content (AvgIpc) is 2.69. The van der Waals surface area contributed by atoms with Crippen LogP contribution < -0.4 is 19.5 Å². The molecule has 0 heterocycles. The Kier molecular flexibility index (Phi) is 8.50. The summed E-state index contributed by atoms with van der Waals surface area (Å²) in [6.07, 6.45) is 2.28. The molecule has 0 saturated heterocycles. The van der Waals surface area contributed by atoms with E-state index in [-0.39, 0.29) is 24.5 Å². The maximum atomic E-state index is 12.6. The zero-order valence-corrected chi connectivity index (χ0v) is 15.4. The van der Waals surface area contributed by atoms with E-state index in [2.05, 4.69) is 14.8 Å². The van der Waals surface area contributed by atoms with Gasteiger partial charge in [-0.15, -0.1) is 0 Å². The normalized spacial score (nSPS) is 10.8. The fraction of sp³-hybridized carbons (Fsp3) is 0.200. The number of amides is 1. The monoisotopic (exact) mass is 424 g/mol. The number of ether oxygens (including phenoxy) is 3. The molecule has 0 aliphatic rings. The molecule has 1 N–H and O–H groups in total. The zero-order valence-electron chi connectivity index (χ0n) is 15.4. The maximum Gasteiger partial charge on any atom is 0.387 e. The topological polar surface area (TPSA) is 80.6 Å². The number of hydrogen-bond acceptors (Lipinski definition) is 5. The lowest BCUT2D eigenvalue weighted by atomic mass is 10.1. The molecule has 2 rings (SSSR count). The fourth-order valence-electron chi connectivity index (χ4n) is 2.30. The van der Waals surface area contributed by atoms with Gasteiger partial charge in [-0.2, -0.15) is 22.8 Å². The van der Waals surface area contributed by atoms with E-state index in [0.717, 1.165) is 18.2 Å². The van der Waals surface area contributed by atoms with Crippen molar-refractivity contribution in [1.29, 1.82) is 5.26 Å². The minimum atomic E-state index is -3.19. The Labute approximate surface area is 169 Å². The first-order chi connectivity index (χ1) is 14.4. The molecule has 0 spiro atoms. The highest BCUT2D eigenvalue weighted by atomic mass is 19.3. The summed E-state index contributed by atoms with van der Waals surface area (Å²) in [4.78, 5) is 12.0. The summed E-state index contributed by atoms with van der Waals surface area (Å²) in [5, 5.41) is 11.1. The van der Waals surface area contributed by atoms with E-state index in [9.17, 15) is 22.4 Å². The molecular formula is C20H16F4N2O4. The predicted molar refractivity (Wildman–Crippen MR) is 98.1 cm³/mol. The first-order valence-corrected chi connectivity index (χ1v) is 8.45. The van der Waals surface area contributed by atoms with Crippen LogP contribution in [0.25, 0.3) is 6.08 Å². The summed E-state index contributed by atoms with van der Waals surface area (Å²) < 4.78 is 63.3. The van der Waals surface area contributed by atoms with Gasteiger partial charge in [0.15, 0.2) is 6.61 Å². The average molecular weight is 424 g/mol. The van der Waals surface area contributed by atoms with Crippen LogP contribution in [0.5, 0.6) is 17.2 Å². The number of halogens is 4. The van der Waals surface area contributed by atoms with Crippen molar-refractivity contribution in [3.05, 3.63) is 59.7 Å². The minimum absolute atomic E-state index is 0.0685. The van der Waals surface area contributed by atoms with E-state index in [1.165, 1.54) is 12.1 Å². The Hall–Kier alpha value is -3.74. The number of nitriles is 1. The zero-order chi connectivity index (χ0) is 21.9. The van der Waals surface area contributed by atoms with E-state index in [0.29, 0.717) is 11.3 Å². The molecule has 0 fully saturated rings. The van der Waals surface area contributed by atoms with Gasteiger partial charge in [0.1, 0.15) is 23.3 Å². The molecule has 0 saturated carbocycles. The number of nitrogens with one attached hydrogen (secondary N) is 1. The van der Waals surface area contributed by atoms with E-state index < -0.39 is 24.9 Å². The van der Waals surface area contributed by atoms with Crippen LogP contribution in [0.3, 0.4) is 0 Å². The van der Waals surface area contributed by atoms with Crippen molar-refractivity contribution in [3.63, 3.8) is 0 Å². The van der Waals surface area contributed by atoms with Crippen molar-refractivity contribution >= 4 is 12.0 Å². The van der Waals surface area contributed by atoms with Crippen molar-refractivity contribution < 1.29 is 36.6 Å². The number of rotatable bonds is 10. The molecule has 1 amide bonds. The molecule has 0 radical (unpaired) electrons. The highest BCUT2D eigenvalue weighted by Gasteiger charge is 2.12. The fourth-order valence-corrected chi connectivity index (χ4v) is 2.30. The lowest BCUT2D eigenvalue weighted by molar-refractivity contribution is -0.116. The summed E-state index contributed by atoms with van der Waals surface area (Å²) in [6.45, 7) is -6.28. The highest BCUT2D eigenvalue weighted by Crippen LogP contribution is 2.28. The van der Waals surface area contributed by atoms with Gasteiger partial charge in [-0.1, -0.05) is 12.1 Å². The molecular weight excluding hydrogens is 408 g/mol. The van der Waals surface area contributed by atoms with Gasteiger partial charge < -0.3 is 19.5 Å². The lowest BCUT2D eigenvalue weighted by Crippen LogP contribution is -2.20. The van der Waals surface area contributed by atoms with E-state index in [1.54, 1.807) is 24.3 Å². The van der Waals surface area contributed by atoms with Crippen LogP contribution in [0.2, 0.25) is 0 Å². The van der Waals surface area contributed by atoms with E-state index in [4.69, 9.17) is 10.00 Å². The van der Waals surface area contributed by atoms with Crippen molar-refractivity contribution in [2.75, 3.05) is 6.61 Å². The third-order valence-corrected chi connectivity index (χ3v) is 3.51. The Balaban J connectivity index is 2.02. The summed E-state index contributed by atoms with van der Waals surface area (Å²) in [5.74, 6) is -0.844. The van der Waals surface area contributed by atoms with Crippen molar-refractivity contribution in [1.82, 2.24) is 5.32 Å². The minimum Gasteiger partial charge on any atom is -0.479 e. The molecule has 0 bridgehead atoms. The standard InChI is InChI=1S/C20H16F4N2O4/c21-19(22)29-16-6-4-14(17(11-16)30-20(23)24)5-7-18(27)26-12-13-2-1-3-15(10-13)28-9-8-25/h1-7,10-11,19-20H,9,12H2,(H,26,27)/b7-5+. The van der Waals surface area contributed by atoms with Crippen molar-refractivity contribution in [2.24, 2.45) is 0 Å². The summed E-state index contributed by atoms with van der Waals surface area (Å²) in [7, 11) is 0. The lowest BCUT2D eigenvalue weighted by Gasteiger charge is -2.11. The molecule has 0 unspecified atom stereocenters. The van der Waals surface area contributed by atoms with E-state index >= 15 is 0 Å². The second-order valence-corrected chi connectivity index (χ2v) is 5.60. The van der Waals surface area contributed by atoms with Gasteiger partial charge in [0, 0.05) is 24.3 Å². The van der Waals surface area contributed by atoms with Crippen LogP contribution in [0.1, 0.15) is 11.1 Å². The third-order valence-electron chi connectivity index (χ3n) is 3.51. The number of nitrogens with zero attached hydrogens (tertiary/aromatic N) is 1. The van der Waals surface area contributed by atoms with Crippen molar-refractivity contribution in [2.45, 2.75) is 19.8 Å². The number of carbonyl (C=O) groups excluding carboxylic acids is 1. The molecule has 10 heteroatoms. The first-order valence-electron chi connectivity index (χ1n) is 8.45. The first kappa shape index (κ1) is 22.5. The molecule has 0 atom stereocenters. The summed E-state index contributed by atoms with van der Waals surface area (Å²) >= 11 is 0. The Morgan fingerprint density at radius 3 is 2.53 bits per heavy atom. The number of carbonyl (C=O) groups is 1. The van der Waals surface area contributed by atoms with Crippen LogP contribution in [0, 0.1) is 11.3 Å². The molecule has 2 aromatic rings. The van der Waals surface area contributed by atoms with Crippen LogP contribution in [-0.4, -0.2) is 25.7 Å². The SMILES string of the molecule is N#CCOc1cccc(CNC(=O)/C=C/c2ccc(OC(F)F)cc2OC(F)F)c1. The highest BCUT2D eigenvalue weighted by molar-refractivity contribution is 5.92. The van der Waals surface area contributed by atoms with Gasteiger partial charge in [-0.05, 0) is 35.9 Å². The number of alkyl halides is 4. The number of benzene rings is 2. The van der Waals surface area contributed by atoms with Crippen LogP contribution in [0.4, 0.5) is 17.6 Å². The quantitative estimate of drug-likeness (QED) is 0.458. The Morgan fingerprint density at radius 1 is 1.07 bits per heavy atom. The second kappa shape index (κ2) is 11.3. The van der Waals surface area contributed by atoms with Crippen LogP contribution >= 0.6 is 0 Å². The molecule has 158 valence electrons. The molecule has 2 aromatic carbocycles. The smallest absolute Gasteiger partial charge is 0.387 e. The predicted octanol–water partition coefficient (Wildman–Crippen LogP) is 4.12. The molecule has 0 aromatic heterocycles. The molecule has 6 nitrogen and oxygen atoms in total. The molecule has 0 aliphatic carbocycles. The van der Waals surface area contributed by atoms with Gasteiger partial charge in [0.25, 0.3) is 0 Å². The Bertz CT molecular complexity index is 929. The summed E-state index contributed by atoms with van der Waals surface area (Å²) in [5.41, 5.74) is 0.779. The third kappa shape index (κ3) is 7.71. The number of hydrogen-bond donors (Lipinski definition) is 1. The van der Waals surface area contributed by atoms with Gasteiger partial charge in [0.2, 0.25) is 5.91 Å². The maximum absolute atomic E-state index is 12.6. The Morgan fingerprint density at radius 2 is 1.83 bits per heavy atom. The molecule has 30 heavy (non-hydrogen) atoms. The second-order valence-electron chi connectivity index (χ2n) is 5.60. The van der Waals surface area contributed by atoms with Crippen LogP contribution in [0.15, 0.2) is 48.5 Å². The summed E-state index contributed by atoms with van der Waals surface area (Å²) in [6, 6.07) is 11.8. The van der Waals surface area contributed by atoms with Gasteiger partial charge in [0.05, 0.1) is 0 Å². The largest absolute Gasteiger partial charge is 0.479 e. The van der Waals surface area contributed by atoms with Gasteiger partial charge >= 0.3 is 13.2 Å². The van der Waals surface area contributed by atoms with Crippen LogP contribution in [-0.2, 0) is 11.3 Å². The molecule has 0 aliphatic heterocycles. The van der Waals surface area contributed by atoms with Crippen molar-refractivity contribution in [3.8, 4) is 23.3 Å².